The lowest BCUT2D eigenvalue weighted by molar-refractivity contribution is 0.0673. The average Bonchev–Trinajstić information content (AvgIpc) is 2.67. The van der Waals surface area contributed by atoms with E-state index in [9.17, 15) is 0 Å². The molecule has 0 aliphatic carbocycles. The molecular weight excluding hydrogens is 441 g/mol. The van der Waals surface area contributed by atoms with E-state index in [0.29, 0.717) is 12.0 Å². The molecule has 1 unspecified atom stereocenters. The Morgan fingerprint density at radius 2 is 1.88 bits per heavy atom. The van der Waals surface area contributed by atoms with Gasteiger partial charge >= 0.3 is 0 Å². The molecule has 2 fully saturated rings. The minimum absolute atomic E-state index is 0. The van der Waals surface area contributed by atoms with Crippen molar-refractivity contribution in [3.05, 3.63) is 35.9 Å². The van der Waals surface area contributed by atoms with Crippen molar-refractivity contribution in [1.29, 1.82) is 0 Å². The molecule has 0 amide bonds. The number of likely N-dealkylation sites (N-methyl/N-ethyl adjacent to an activating group) is 1. The summed E-state index contributed by atoms with van der Waals surface area (Å²) in [4.78, 5) is 11.7. The standard InChI is InChI=1S/C19H31N5O.HI/c1-22-10-11-23(18(16-22)17-6-3-2-4-7-17)9-5-8-21-19(20)24-12-14-25-15-13-24;/h2-4,6-7,18H,5,8-16H2,1H3,(H2,20,21);1H. The predicted octanol–water partition coefficient (Wildman–Crippen LogP) is 1.63. The van der Waals surface area contributed by atoms with Crippen LogP contribution in [0.4, 0.5) is 0 Å². The van der Waals surface area contributed by atoms with Crippen LogP contribution in [0.5, 0.6) is 0 Å². The zero-order valence-electron chi connectivity index (χ0n) is 15.7. The summed E-state index contributed by atoms with van der Waals surface area (Å²) in [5.41, 5.74) is 7.51. The van der Waals surface area contributed by atoms with Gasteiger partial charge in [0, 0.05) is 51.9 Å². The van der Waals surface area contributed by atoms with E-state index < -0.39 is 0 Å². The third-order valence-electron chi connectivity index (χ3n) is 5.09. The van der Waals surface area contributed by atoms with Gasteiger partial charge in [-0.1, -0.05) is 30.3 Å². The smallest absolute Gasteiger partial charge is 0.191 e. The molecule has 2 saturated heterocycles. The first-order valence-corrected chi connectivity index (χ1v) is 9.34. The van der Waals surface area contributed by atoms with Crippen LogP contribution in [0.3, 0.4) is 0 Å². The lowest BCUT2D eigenvalue weighted by Gasteiger charge is -2.40. The Hall–Kier alpha value is -0.900. The van der Waals surface area contributed by atoms with Gasteiger partial charge in [-0.2, -0.15) is 0 Å². The highest BCUT2D eigenvalue weighted by molar-refractivity contribution is 14.0. The molecule has 1 atom stereocenters. The molecule has 6 nitrogen and oxygen atoms in total. The van der Waals surface area contributed by atoms with Gasteiger partial charge in [0.2, 0.25) is 0 Å². The minimum Gasteiger partial charge on any atom is -0.378 e. The fourth-order valence-electron chi connectivity index (χ4n) is 3.58. The summed E-state index contributed by atoms with van der Waals surface area (Å²) < 4.78 is 5.35. The summed E-state index contributed by atoms with van der Waals surface area (Å²) >= 11 is 0. The third-order valence-corrected chi connectivity index (χ3v) is 5.09. The maximum absolute atomic E-state index is 6.10. The molecular formula is C19H32IN5O. The molecule has 3 rings (SSSR count). The van der Waals surface area contributed by atoms with E-state index in [1.807, 2.05) is 0 Å². The van der Waals surface area contributed by atoms with E-state index in [2.05, 4.69) is 57.1 Å². The van der Waals surface area contributed by atoms with Crippen molar-refractivity contribution in [2.45, 2.75) is 12.5 Å². The maximum atomic E-state index is 6.10. The number of hydrogen-bond acceptors (Lipinski definition) is 4. The molecule has 7 heteroatoms. The molecule has 0 aromatic heterocycles. The number of benzene rings is 1. The van der Waals surface area contributed by atoms with Crippen molar-refractivity contribution in [3.63, 3.8) is 0 Å². The minimum atomic E-state index is 0. The zero-order chi connectivity index (χ0) is 17.5. The van der Waals surface area contributed by atoms with Gasteiger partial charge in [-0.25, -0.2) is 0 Å². The van der Waals surface area contributed by atoms with Crippen LogP contribution in [0, 0.1) is 0 Å². The second kappa shape index (κ2) is 11.1. The van der Waals surface area contributed by atoms with Crippen LogP contribution < -0.4 is 5.73 Å². The van der Waals surface area contributed by atoms with Crippen LogP contribution >= 0.6 is 24.0 Å². The van der Waals surface area contributed by atoms with E-state index >= 15 is 0 Å². The molecule has 26 heavy (non-hydrogen) atoms. The lowest BCUT2D eigenvalue weighted by Crippen LogP contribution is -2.47. The predicted molar refractivity (Wildman–Crippen MR) is 117 cm³/mol. The quantitative estimate of drug-likeness (QED) is 0.305. The molecule has 2 aliphatic heterocycles. The van der Waals surface area contributed by atoms with Crippen LogP contribution in [0.1, 0.15) is 18.0 Å². The Morgan fingerprint density at radius 3 is 2.62 bits per heavy atom. The number of nitrogens with zero attached hydrogens (tertiary/aromatic N) is 4. The molecule has 1 aromatic carbocycles. The number of piperazine rings is 1. The highest BCUT2D eigenvalue weighted by atomic mass is 127. The summed E-state index contributed by atoms with van der Waals surface area (Å²) in [6.07, 6.45) is 1.04. The van der Waals surface area contributed by atoms with E-state index in [1.165, 1.54) is 5.56 Å². The van der Waals surface area contributed by atoms with Gasteiger partial charge in [-0.05, 0) is 19.0 Å². The number of rotatable bonds is 5. The molecule has 0 saturated carbocycles. The van der Waals surface area contributed by atoms with Crippen LogP contribution in [0.2, 0.25) is 0 Å². The Balaban J connectivity index is 0.00000243. The van der Waals surface area contributed by atoms with Gasteiger partial charge in [0.05, 0.1) is 13.2 Å². The molecule has 2 N–H and O–H groups in total. The summed E-state index contributed by atoms with van der Waals surface area (Å²) in [5.74, 6) is 0.668. The number of aliphatic imine (C=N–C) groups is 1. The molecule has 0 radical (unpaired) electrons. The molecule has 146 valence electrons. The van der Waals surface area contributed by atoms with E-state index in [0.717, 1.165) is 65.4 Å². The average molecular weight is 473 g/mol. The van der Waals surface area contributed by atoms with E-state index in [4.69, 9.17) is 10.5 Å². The van der Waals surface area contributed by atoms with E-state index in [1.54, 1.807) is 0 Å². The first kappa shape index (κ1) is 21.4. The first-order valence-electron chi connectivity index (χ1n) is 9.34. The molecule has 0 spiro atoms. The van der Waals surface area contributed by atoms with Crippen LogP contribution in [0.15, 0.2) is 35.3 Å². The molecule has 0 bridgehead atoms. The van der Waals surface area contributed by atoms with Gasteiger partial charge < -0.3 is 20.3 Å². The monoisotopic (exact) mass is 473 g/mol. The Morgan fingerprint density at radius 1 is 1.15 bits per heavy atom. The second-order valence-corrected chi connectivity index (χ2v) is 6.92. The Labute approximate surface area is 174 Å². The highest BCUT2D eigenvalue weighted by Gasteiger charge is 2.25. The van der Waals surface area contributed by atoms with Crippen molar-refractivity contribution in [1.82, 2.24) is 14.7 Å². The van der Waals surface area contributed by atoms with Crippen LogP contribution in [0.25, 0.3) is 0 Å². The van der Waals surface area contributed by atoms with Gasteiger partial charge in [0.15, 0.2) is 5.96 Å². The normalized spacial score (nSPS) is 22.9. The zero-order valence-corrected chi connectivity index (χ0v) is 18.0. The Kier molecular flexibility index (Phi) is 9.10. The third kappa shape index (κ3) is 6.07. The SMILES string of the molecule is CN1CCN(CCCN=C(N)N2CCOCC2)C(c2ccccc2)C1.I. The van der Waals surface area contributed by atoms with Crippen molar-refractivity contribution in [2.24, 2.45) is 10.7 Å². The highest BCUT2D eigenvalue weighted by Crippen LogP contribution is 2.24. The number of ether oxygens (including phenoxy) is 1. The number of guanidine groups is 1. The maximum Gasteiger partial charge on any atom is 0.191 e. The summed E-state index contributed by atoms with van der Waals surface area (Å²) in [7, 11) is 2.21. The first-order chi connectivity index (χ1) is 12.2. The van der Waals surface area contributed by atoms with E-state index in [-0.39, 0.29) is 24.0 Å². The van der Waals surface area contributed by atoms with Crippen molar-refractivity contribution >= 4 is 29.9 Å². The Bertz CT molecular complexity index is 550. The van der Waals surface area contributed by atoms with Crippen LogP contribution in [-0.4, -0.2) is 86.7 Å². The lowest BCUT2D eigenvalue weighted by atomic mass is 10.0. The fourth-order valence-corrected chi connectivity index (χ4v) is 3.58. The molecule has 2 aliphatic rings. The van der Waals surface area contributed by atoms with Crippen LogP contribution in [-0.2, 0) is 4.74 Å². The largest absolute Gasteiger partial charge is 0.378 e. The summed E-state index contributed by atoms with van der Waals surface area (Å²) in [5, 5.41) is 0. The fraction of sp³-hybridized carbons (Fsp3) is 0.632. The number of morpholine rings is 1. The molecule has 2 heterocycles. The topological polar surface area (TPSA) is 57.3 Å². The summed E-state index contributed by atoms with van der Waals surface area (Å²) in [6, 6.07) is 11.3. The van der Waals surface area contributed by atoms with Crippen molar-refractivity contribution < 1.29 is 4.74 Å². The van der Waals surface area contributed by atoms with Gasteiger partial charge in [0.25, 0.3) is 0 Å². The second-order valence-electron chi connectivity index (χ2n) is 6.92. The van der Waals surface area contributed by atoms with Crippen molar-refractivity contribution in [3.8, 4) is 0 Å². The summed E-state index contributed by atoms with van der Waals surface area (Å²) in [6.45, 7) is 8.37. The number of hydrogen-bond donors (Lipinski definition) is 1. The van der Waals surface area contributed by atoms with Gasteiger partial charge in [0.1, 0.15) is 0 Å². The van der Waals surface area contributed by atoms with Crippen molar-refractivity contribution in [2.75, 3.05) is 66.1 Å². The number of nitrogens with two attached hydrogens (primary N) is 1. The van der Waals surface area contributed by atoms with Gasteiger partial charge in [-0.3, -0.25) is 9.89 Å². The van der Waals surface area contributed by atoms with Gasteiger partial charge in [-0.15, -0.1) is 24.0 Å². The number of halogens is 1. The molecule has 1 aromatic rings.